The van der Waals surface area contributed by atoms with Crippen molar-refractivity contribution in [2.45, 2.75) is 13.3 Å². The van der Waals surface area contributed by atoms with Crippen LogP contribution in [0, 0.1) is 0 Å². The molecule has 1 amide bonds. The molecule has 0 saturated carbocycles. The first-order valence-electron chi connectivity index (χ1n) is 6.47. The maximum absolute atomic E-state index is 11.8. The molecule has 0 radical (unpaired) electrons. The lowest BCUT2D eigenvalue weighted by atomic mass is 10.1. The van der Waals surface area contributed by atoms with Crippen molar-refractivity contribution in [1.82, 2.24) is 4.90 Å². The van der Waals surface area contributed by atoms with Gasteiger partial charge in [0, 0.05) is 11.8 Å². The monoisotopic (exact) mass is 264 g/mol. The molecule has 0 atom stereocenters. The number of benzene rings is 1. The second kappa shape index (κ2) is 5.93. The minimum Gasteiger partial charge on any atom is -0.486 e. The van der Waals surface area contributed by atoms with Crippen LogP contribution in [0.4, 0.5) is 5.69 Å². The van der Waals surface area contributed by atoms with E-state index in [1.54, 1.807) is 0 Å². The minimum absolute atomic E-state index is 0.0311. The van der Waals surface area contributed by atoms with E-state index >= 15 is 0 Å². The molecule has 5 nitrogen and oxygen atoms in total. The van der Waals surface area contributed by atoms with Gasteiger partial charge in [-0.3, -0.25) is 4.79 Å². The highest BCUT2D eigenvalue weighted by molar-refractivity contribution is 5.93. The van der Waals surface area contributed by atoms with Crippen LogP contribution in [0.15, 0.2) is 12.1 Å². The summed E-state index contributed by atoms with van der Waals surface area (Å²) < 4.78 is 11.1. The number of ether oxygens (including phenoxy) is 2. The van der Waals surface area contributed by atoms with Crippen LogP contribution in [-0.2, 0) is 11.2 Å². The van der Waals surface area contributed by atoms with Gasteiger partial charge in [-0.1, -0.05) is 6.92 Å². The summed E-state index contributed by atoms with van der Waals surface area (Å²) in [5, 5.41) is 2.93. The van der Waals surface area contributed by atoms with E-state index in [-0.39, 0.29) is 5.91 Å². The molecule has 2 rings (SSSR count). The Morgan fingerprint density at radius 3 is 2.47 bits per heavy atom. The molecular formula is C14H20N2O3. The van der Waals surface area contributed by atoms with E-state index in [1.807, 2.05) is 38.1 Å². The first kappa shape index (κ1) is 13.7. The van der Waals surface area contributed by atoms with Crippen molar-refractivity contribution >= 4 is 11.6 Å². The van der Waals surface area contributed by atoms with Gasteiger partial charge in [-0.15, -0.1) is 0 Å². The topological polar surface area (TPSA) is 50.8 Å². The molecule has 104 valence electrons. The number of anilines is 1. The number of carbonyl (C=O) groups is 1. The summed E-state index contributed by atoms with van der Waals surface area (Å²) >= 11 is 0. The first-order chi connectivity index (χ1) is 9.10. The highest BCUT2D eigenvalue weighted by atomic mass is 16.6. The van der Waals surface area contributed by atoms with E-state index in [1.165, 1.54) is 0 Å². The lowest BCUT2D eigenvalue weighted by molar-refractivity contribution is -0.116. The summed E-state index contributed by atoms with van der Waals surface area (Å²) in [7, 11) is 3.73. The summed E-state index contributed by atoms with van der Waals surface area (Å²) in [6.07, 6.45) is 0.828. The standard InChI is InChI=1S/C14H20N2O3/c1-4-10-7-12-13(19-6-5-18-12)8-11(10)15-14(17)9-16(2)3/h7-8H,4-6,9H2,1-3H3,(H,15,17). The molecule has 1 heterocycles. The predicted molar refractivity (Wildman–Crippen MR) is 74.0 cm³/mol. The molecule has 1 aliphatic rings. The fourth-order valence-electron chi connectivity index (χ4n) is 2.02. The van der Waals surface area contributed by atoms with Crippen LogP contribution in [0.5, 0.6) is 11.5 Å². The van der Waals surface area contributed by atoms with Crippen molar-refractivity contribution in [3.63, 3.8) is 0 Å². The number of hydrogen-bond acceptors (Lipinski definition) is 4. The quantitative estimate of drug-likeness (QED) is 0.896. The van der Waals surface area contributed by atoms with E-state index in [0.717, 1.165) is 23.4 Å². The second-order valence-electron chi connectivity index (χ2n) is 4.79. The molecule has 0 unspecified atom stereocenters. The summed E-state index contributed by atoms with van der Waals surface area (Å²) in [6, 6.07) is 3.79. The molecule has 0 aromatic heterocycles. The number of carbonyl (C=O) groups excluding carboxylic acids is 1. The van der Waals surface area contributed by atoms with Gasteiger partial charge in [-0.05, 0) is 32.1 Å². The molecule has 0 spiro atoms. The fourth-order valence-corrected chi connectivity index (χ4v) is 2.02. The lowest BCUT2D eigenvalue weighted by Gasteiger charge is -2.21. The third-order valence-electron chi connectivity index (χ3n) is 2.88. The van der Waals surface area contributed by atoms with E-state index in [4.69, 9.17) is 9.47 Å². The predicted octanol–water partition coefficient (Wildman–Crippen LogP) is 1.52. The van der Waals surface area contributed by atoms with Gasteiger partial charge in [0.25, 0.3) is 0 Å². The van der Waals surface area contributed by atoms with Crippen LogP contribution >= 0.6 is 0 Å². The number of amides is 1. The van der Waals surface area contributed by atoms with Crippen LogP contribution < -0.4 is 14.8 Å². The Hall–Kier alpha value is -1.75. The van der Waals surface area contributed by atoms with Crippen molar-refractivity contribution in [3.05, 3.63) is 17.7 Å². The molecule has 1 aromatic carbocycles. The van der Waals surface area contributed by atoms with Crippen molar-refractivity contribution in [2.24, 2.45) is 0 Å². The zero-order valence-corrected chi connectivity index (χ0v) is 11.7. The molecule has 5 heteroatoms. The zero-order valence-electron chi connectivity index (χ0n) is 11.7. The van der Waals surface area contributed by atoms with Gasteiger partial charge in [0.1, 0.15) is 13.2 Å². The van der Waals surface area contributed by atoms with Gasteiger partial charge < -0.3 is 19.7 Å². The van der Waals surface area contributed by atoms with Gasteiger partial charge in [0.05, 0.1) is 6.54 Å². The SMILES string of the molecule is CCc1cc2c(cc1NC(=O)CN(C)C)OCCO2. The van der Waals surface area contributed by atoms with Gasteiger partial charge in [0.15, 0.2) is 11.5 Å². The average molecular weight is 264 g/mol. The van der Waals surface area contributed by atoms with Crippen molar-refractivity contribution in [3.8, 4) is 11.5 Å². The molecule has 19 heavy (non-hydrogen) atoms. The number of aryl methyl sites for hydroxylation is 1. The van der Waals surface area contributed by atoms with Gasteiger partial charge in [0.2, 0.25) is 5.91 Å². The van der Waals surface area contributed by atoms with Gasteiger partial charge >= 0.3 is 0 Å². The van der Waals surface area contributed by atoms with Gasteiger partial charge in [-0.25, -0.2) is 0 Å². The van der Waals surface area contributed by atoms with Crippen LogP contribution in [0.3, 0.4) is 0 Å². The highest BCUT2D eigenvalue weighted by Gasteiger charge is 2.16. The highest BCUT2D eigenvalue weighted by Crippen LogP contribution is 2.35. The molecule has 0 aliphatic carbocycles. The summed E-state index contributed by atoms with van der Waals surface area (Å²) in [5.41, 5.74) is 1.86. The Labute approximate surface area is 113 Å². The number of nitrogens with zero attached hydrogens (tertiary/aromatic N) is 1. The normalized spacial score (nSPS) is 13.5. The Kier molecular flexibility index (Phi) is 4.27. The Bertz CT molecular complexity index is 472. The summed E-state index contributed by atoms with van der Waals surface area (Å²) in [4.78, 5) is 13.7. The summed E-state index contributed by atoms with van der Waals surface area (Å²) in [5.74, 6) is 1.42. The molecule has 0 saturated heterocycles. The van der Waals surface area contributed by atoms with Crippen LogP contribution in [0.1, 0.15) is 12.5 Å². The third-order valence-corrected chi connectivity index (χ3v) is 2.88. The lowest BCUT2D eigenvalue weighted by Crippen LogP contribution is -2.27. The number of nitrogens with one attached hydrogen (secondary N) is 1. The third kappa shape index (κ3) is 3.38. The number of fused-ring (bicyclic) bond motifs is 1. The van der Waals surface area contributed by atoms with Crippen molar-refractivity contribution in [1.29, 1.82) is 0 Å². The second-order valence-corrected chi connectivity index (χ2v) is 4.79. The Balaban J connectivity index is 2.21. The van der Waals surface area contributed by atoms with Crippen LogP contribution in [0.2, 0.25) is 0 Å². The molecule has 0 fully saturated rings. The molecule has 1 N–H and O–H groups in total. The van der Waals surface area contributed by atoms with E-state index in [9.17, 15) is 4.79 Å². The average Bonchev–Trinajstić information content (AvgIpc) is 2.36. The van der Waals surface area contributed by atoms with E-state index in [0.29, 0.717) is 25.5 Å². The minimum atomic E-state index is -0.0311. The summed E-state index contributed by atoms with van der Waals surface area (Å²) in [6.45, 7) is 3.52. The molecule has 1 aliphatic heterocycles. The first-order valence-corrected chi connectivity index (χ1v) is 6.47. The largest absolute Gasteiger partial charge is 0.486 e. The number of likely N-dealkylation sites (N-methyl/N-ethyl adjacent to an activating group) is 1. The smallest absolute Gasteiger partial charge is 0.238 e. The molecule has 1 aromatic rings. The maximum atomic E-state index is 11.8. The van der Waals surface area contributed by atoms with Crippen LogP contribution in [0.25, 0.3) is 0 Å². The maximum Gasteiger partial charge on any atom is 0.238 e. The Morgan fingerprint density at radius 1 is 1.26 bits per heavy atom. The zero-order chi connectivity index (χ0) is 13.8. The van der Waals surface area contributed by atoms with Gasteiger partial charge in [-0.2, -0.15) is 0 Å². The molecule has 0 bridgehead atoms. The molecular weight excluding hydrogens is 244 g/mol. The fraction of sp³-hybridized carbons (Fsp3) is 0.500. The van der Waals surface area contributed by atoms with Crippen LogP contribution in [-0.4, -0.2) is 44.7 Å². The van der Waals surface area contributed by atoms with Crippen molar-refractivity contribution in [2.75, 3.05) is 39.2 Å². The van der Waals surface area contributed by atoms with E-state index in [2.05, 4.69) is 5.32 Å². The van der Waals surface area contributed by atoms with E-state index < -0.39 is 0 Å². The Morgan fingerprint density at radius 2 is 1.89 bits per heavy atom. The number of rotatable bonds is 4. The number of hydrogen-bond donors (Lipinski definition) is 1. The van der Waals surface area contributed by atoms with Crippen molar-refractivity contribution < 1.29 is 14.3 Å².